The molecule has 30 heavy (non-hydrogen) atoms. The van der Waals surface area contributed by atoms with Gasteiger partial charge in [0, 0.05) is 28.4 Å². The van der Waals surface area contributed by atoms with Gasteiger partial charge in [-0.05, 0) is 48.4 Å². The molecule has 5 nitrogen and oxygen atoms in total. The molecule has 0 saturated carbocycles. The summed E-state index contributed by atoms with van der Waals surface area (Å²) in [5.41, 5.74) is 3.57. The first-order valence-electron chi connectivity index (χ1n) is 9.59. The van der Waals surface area contributed by atoms with Crippen LogP contribution in [0.25, 0.3) is 0 Å². The summed E-state index contributed by atoms with van der Waals surface area (Å²) in [7, 11) is 1.59. The van der Waals surface area contributed by atoms with E-state index >= 15 is 0 Å². The number of ether oxygens (including phenoxy) is 1. The molecule has 152 valence electrons. The summed E-state index contributed by atoms with van der Waals surface area (Å²) >= 11 is 6.10. The van der Waals surface area contributed by atoms with Crippen LogP contribution in [0.5, 0.6) is 5.75 Å². The zero-order chi connectivity index (χ0) is 21.3. The Hall–Kier alpha value is -3.31. The van der Waals surface area contributed by atoms with Gasteiger partial charge in [0.1, 0.15) is 11.8 Å². The number of hydrogen-bond donors (Lipinski definition) is 1. The van der Waals surface area contributed by atoms with Gasteiger partial charge >= 0.3 is 0 Å². The lowest BCUT2D eigenvalue weighted by Crippen LogP contribution is -2.39. The number of hydrogen-bond acceptors (Lipinski definition) is 3. The van der Waals surface area contributed by atoms with Crippen molar-refractivity contribution in [1.29, 1.82) is 0 Å². The van der Waals surface area contributed by atoms with Crippen molar-refractivity contribution in [2.45, 2.75) is 19.5 Å². The van der Waals surface area contributed by atoms with E-state index in [1.165, 1.54) is 0 Å². The predicted molar refractivity (Wildman–Crippen MR) is 117 cm³/mol. The van der Waals surface area contributed by atoms with E-state index in [9.17, 15) is 9.59 Å². The highest BCUT2D eigenvalue weighted by Crippen LogP contribution is 2.39. The average molecular weight is 421 g/mol. The van der Waals surface area contributed by atoms with Gasteiger partial charge in [0.15, 0.2) is 0 Å². The number of para-hydroxylation sites is 1. The van der Waals surface area contributed by atoms with E-state index in [2.05, 4.69) is 5.32 Å². The SMILES string of the molecule is COc1ccccc1CNC(=O)[C@@H]1c2ccccc2C(=O)N1c1ccc(Cl)cc1C. The number of amides is 2. The molecule has 0 unspecified atom stereocenters. The zero-order valence-corrected chi connectivity index (χ0v) is 17.4. The lowest BCUT2D eigenvalue weighted by molar-refractivity contribution is -0.122. The fourth-order valence-corrected chi connectivity index (χ4v) is 4.07. The van der Waals surface area contributed by atoms with E-state index in [0.717, 1.165) is 11.1 Å². The van der Waals surface area contributed by atoms with Gasteiger partial charge in [0.05, 0.1) is 7.11 Å². The molecular weight excluding hydrogens is 400 g/mol. The number of nitrogens with zero attached hydrogens (tertiary/aromatic N) is 1. The lowest BCUT2D eigenvalue weighted by atomic mass is 10.0. The minimum Gasteiger partial charge on any atom is -0.496 e. The molecule has 1 aliphatic heterocycles. The van der Waals surface area contributed by atoms with Gasteiger partial charge in [-0.1, -0.05) is 48.0 Å². The second kappa shape index (κ2) is 8.20. The van der Waals surface area contributed by atoms with Crippen molar-refractivity contribution in [2.75, 3.05) is 12.0 Å². The largest absolute Gasteiger partial charge is 0.496 e. The smallest absolute Gasteiger partial charge is 0.259 e. The lowest BCUT2D eigenvalue weighted by Gasteiger charge is -2.26. The monoisotopic (exact) mass is 420 g/mol. The molecule has 1 atom stereocenters. The van der Waals surface area contributed by atoms with Crippen LogP contribution in [0.2, 0.25) is 5.02 Å². The summed E-state index contributed by atoms with van der Waals surface area (Å²) in [4.78, 5) is 28.1. The third-order valence-electron chi connectivity index (χ3n) is 5.28. The maximum Gasteiger partial charge on any atom is 0.259 e. The Morgan fingerprint density at radius 3 is 2.60 bits per heavy atom. The Balaban J connectivity index is 1.69. The first-order valence-corrected chi connectivity index (χ1v) is 9.97. The van der Waals surface area contributed by atoms with Gasteiger partial charge in [-0.2, -0.15) is 0 Å². The van der Waals surface area contributed by atoms with Crippen LogP contribution in [0.4, 0.5) is 5.69 Å². The maximum atomic E-state index is 13.3. The normalized spacial score (nSPS) is 15.1. The number of carbonyl (C=O) groups is 2. The van der Waals surface area contributed by atoms with Crippen molar-refractivity contribution in [3.63, 3.8) is 0 Å². The zero-order valence-electron chi connectivity index (χ0n) is 16.7. The maximum absolute atomic E-state index is 13.3. The standard InChI is InChI=1S/C24H21ClN2O3/c1-15-13-17(25)11-12-20(15)27-22(18-8-4-5-9-19(18)24(27)29)23(28)26-14-16-7-3-6-10-21(16)30-2/h3-13,22H,14H2,1-2H3,(H,26,28)/t22-/m0/s1. The van der Waals surface area contributed by atoms with Gasteiger partial charge in [-0.3, -0.25) is 14.5 Å². The molecule has 0 bridgehead atoms. The van der Waals surface area contributed by atoms with Crippen molar-refractivity contribution in [3.05, 3.63) is 94.0 Å². The third kappa shape index (κ3) is 3.53. The van der Waals surface area contributed by atoms with Crippen molar-refractivity contribution in [2.24, 2.45) is 0 Å². The quantitative estimate of drug-likeness (QED) is 0.652. The average Bonchev–Trinajstić information content (AvgIpc) is 3.05. The van der Waals surface area contributed by atoms with Crippen molar-refractivity contribution < 1.29 is 14.3 Å². The summed E-state index contributed by atoms with van der Waals surface area (Å²) < 4.78 is 5.37. The highest BCUT2D eigenvalue weighted by molar-refractivity contribution is 6.30. The molecule has 1 heterocycles. The highest BCUT2D eigenvalue weighted by atomic mass is 35.5. The molecule has 0 aliphatic carbocycles. The van der Waals surface area contributed by atoms with Crippen LogP contribution in [-0.4, -0.2) is 18.9 Å². The molecule has 0 radical (unpaired) electrons. The van der Waals surface area contributed by atoms with Crippen molar-refractivity contribution >= 4 is 29.1 Å². The molecule has 2 amide bonds. The highest BCUT2D eigenvalue weighted by Gasteiger charge is 2.42. The Morgan fingerprint density at radius 1 is 1.10 bits per heavy atom. The fourth-order valence-electron chi connectivity index (χ4n) is 3.84. The number of methoxy groups -OCH3 is 1. The van der Waals surface area contributed by atoms with Crippen LogP contribution >= 0.6 is 11.6 Å². The number of halogens is 1. The summed E-state index contributed by atoms with van der Waals surface area (Å²) in [6.45, 7) is 2.17. The van der Waals surface area contributed by atoms with E-state index in [4.69, 9.17) is 16.3 Å². The topological polar surface area (TPSA) is 58.6 Å². The summed E-state index contributed by atoms with van der Waals surface area (Å²) in [6, 6.07) is 19.3. The summed E-state index contributed by atoms with van der Waals surface area (Å²) in [6.07, 6.45) is 0. The van der Waals surface area contributed by atoms with Crippen LogP contribution in [0.15, 0.2) is 66.7 Å². The molecule has 0 fully saturated rings. The van der Waals surface area contributed by atoms with E-state index < -0.39 is 6.04 Å². The minimum atomic E-state index is -0.761. The predicted octanol–water partition coefficient (Wildman–Crippen LogP) is 4.67. The Kier molecular flexibility index (Phi) is 5.46. The van der Waals surface area contributed by atoms with Gasteiger partial charge < -0.3 is 10.1 Å². The first kappa shape index (κ1) is 20.0. The molecule has 0 saturated heterocycles. The van der Waals surface area contributed by atoms with Crippen LogP contribution in [0.1, 0.15) is 33.1 Å². The number of fused-ring (bicyclic) bond motifs is 1. The van der Waals surface area contributed by atoms with Crippen LogP contribution in [0.3, 0.4) is 0 Å². The number of anilines is 1. The van der Waals surface area contributed by atoms with E-state index in [-0.39, 0.29) is 11.8 Å². The summed E-state index contributed by atoms with van der Waals surface area (Å²) in [5, 5.41) is 3.55. The second-order valence-electron chi connectivity index (χ2n) is 7.13. The number of aryl methyl sites for hydroxylation is 1. The molecule has 0 spiro atoms. The molecule has 3 aromatic carbocycles. The van der Waals surface area contributed by atoms with E-state index in [0.29, 0.717) is 34.1 Å². The van der Waals surface area contributed by atoms with E-state index in [1.807, 2.05) is 43.3 Å². The molecule has 0 aromatic heterocycles. The molecule has 3 aromatic rings. The Morgan fingerprint density at radius 2 is 1.83 bits per heavy atom. The van der Waals surface area contributed by atoms with Gasteiger partial charge in [-0.15, -0.1) is 0 Å². The van der Waals surface area contributed by atoms with Gasteiger partial charge in [0.2, 0.25) is 5.91 Å². The molecule has 1 aliphatic rings. The van der Waals surface area contributed by atoms with Crippen molar-refractivity contribution in [3.8, 4) is 5.75 Å². The number of benzene rings is 3. The van der Waals surface area contributed by atoms with Gasteiger partial charge in [0.25, 0.3) is 5.91 Å². The van der Waals surface area contributed by atoms with Crippen LogP contribution < -0.4 is 15.0 Å². The van der Waals surface area contributed by atoms with Gasteiger partial charge in [-0.25, -0.2) is 0 Å². The molecule has 6 heteroatoms. The third-order valence-corrected chi connectivity index (χ3v) is 5.51. The minimum absolute atomic E-state index is 0.200. The first-order chi connectivity index (χ1) is 14.5. The fraction of sp³-hybridized carbons (Fsp3) is 0.167. The number of nitrogens with one attached hydrogen (secondary N) is 1. The number of rotatable bonds is 5. The Bertz CT molecular complexity index is 1130. The van der Waals surface area contributed by atoms with Crippen LogP contribution in [0, 0.1) is 6.92 Å². The molecule has 1 N–H and O–H groups in total. The van der Waals surface area contributed by atoms with E-state index in [1.54, 1.807) is 42.3 Å². The molecule has 4 rings (SSSR count). The Labute approximate surface area is 180 Å². The van der Waals surface area contributed by atoms with Crippen LogP contribution in [-0.2, 0) is 11.3 Å². The summed E-state index contributed by atoms with van der Waals surface area (Å²) in [5.74, 6) is 0.244. The second-order valence-corrected chi connectivity index (χ2v) is 7.56. The van der Waals surface area contributed by atoms with Crippen molar-refractivity contribution in [1.82, 2.24) is 5.32 Å². The number of carbonyl (C=O) groups excluding carboxylic acids is 2. The molecular formula is C24H21ClN2O3.